The minimum Gasteiger partial charge on any atom is -0.377 e. The maximum absolute atomic E-state index is 4.12. The Labute approximate surface area is 94.5 Å². The fourth-order valence-electron chi connectivity index (χ4n) is 1.65. The van der Waals surface area contributed by atoms with Crippen molar-refractivity contribution in [2.24, 2.45) is 7.05 Å². The van der Waals surface area contributed by atoms with Crippen molar-refractivity contribution in [3.63, 3.8) is 0 Å². The van der Waals surface area contributed by atoms with Gasteiger partial charge in [0.25, 0.3) is 0 Å². The number of para-hydroxylation sites is 1. The average Bonchev–Trinajstić information content (AvgIpc) is 2.63. The number of aryl methyl sites for hydroxylation is 3. The lowest BCUT2D eigenvalue weighted by Gasteiger charge is -2.10. The summed E-state index contributed by atoms with van der Waals surface area (Å²) >= 11 is 0. The zero-order valence-corrected chi connectivity index (χ0v) is 9.73. The monoisotopic (exact) mass is 217 g/mol. The van der Waals surface area contributed by atoms with E-state index >= 15 is 0 Å². The molecule has 0 aliphatic carbocycles. The van der Waals surface area contributed by atoms with Crippen LogP contribution in [0.2, 0.25) is 0 Å². The molecule has 0 aliphatic heterocycles. The summed E-state index contributed by atoms with van der Waals surface area (Å²) in [5, 5.41) is 15.2. The van der Waals surface area contributed by atoms with E-state index in [4.69, 9.17) is 0 Å². The summed E-state index contributed by atoms with van der Waals surface area (Å²) in [6.07, 6.45) is 0. The molecule has 1 aromatic heterocycles. The van der Waals surface area contributed by atoms with Gasteiger partial charge in [0.05, 0.1) is 13.6 Å². The Morgan fingerprint density at radius 2 is 1.94 bits per heavy atom. The molecule has 1 heterocycles. The Hall–Kier alpha value is -1.91. The maximum atomic E-state index is 4.12. The zero-order chi connectivity index (χ0) is 11.5. The molecule has 0 fully saturated rings. The number of nitrogens with one attached hydrogen (secondary N) is 1. The number of nitrogens with zero attached hydrogens (tertiary/aromatic N) is 4. The highest BCUT2D eigenvalue weighted by molar-refractivity contribution is 5.56. The van der Waals surface area contributed by atoms with Crippen LogP contribution in [-0.4, -0.2) is 20.2 Å². The van der Waals surface area contributed by atoms with Crippen LogP contribution in [0.25, 0.3) is 0 Å². The van der Waals surface area contributed by atoms with Gasteiger partial charge in [-0.15, -0.1) is 10.2 Å². The van der Waals surface area contributed by atoms with Crippen LogP contribution in [0.1, 0.15) is 17.0 Å². The third-order valence-corrected chi connectivity index (χ3v) is 2.45. The number of tetrazole rings is 1. The van der Waals surface area contributed by atoms with E-state index in [0.717, 1.165) is 5.69 Å². The lowest BCUT2D eigenvalue weighted by molar-refractivity contribution is 0.628. The standard InChI is InChI=1S/C11H15N5/c1-8-5-4-6-9(2)11(8)12-7-10-13-15-16(3)14-10/h4-6,12H,7H2,1-3H3. The fraction of sp³-hybridized carbons (Fsp3) is 0.364. The summed E-state index contributed by atoms with van der Waals surface area (Å²) in [5.41, 5.74) is 3.60. The van der Waals surface area contributed by atoms with E-state index in [1.165, 1.54) is 15.9 Å². The molecule has 0 unspecified atom stereocenters. The van der Waals surface area contributed by atoms with Gasteiger partial charge in [-0.1, -0.05) is 18.2 Å². The Kier molecular flexibility index (Phi) is 2.85. The fourth-order valence-corrected chi connectivity index (χ4v) is 1.65. The van der Waals surface area contributed by atoms with Crippen molar-refractivity contribution in [2.75, 3.05) is 5.32 Å². The van der Waals surface area contributed by atoms with Gasteiger partial charge in [-0.05, 0) is 30.2 Å². The molecule has 0 bridgehead atoms. The lowest BCUT2D eigenvalue weighted by atomic mass is 10.1. The van der Waals surface area contributed by atoms with Crippen molar-refractivity contribution in [3.05, 3.63) is 35.2 Å². The Morgan fingerprint density at radius 1 is 1.25 bits per heavy atom. The molecule has 1 N–H and O–H groups in total. The molecule has 16 heavy (non-hydrogen) atoms. The summed E-state index contributed by atoms with van der Waals surface area (Å²) in [5.74, 6) is 0.699. The Bertz CT molecular complexity index is 469. The second kappa shape index (κ2) is 4.30. The van der Waals surface area contributed by atoms with Crippen molar-refractivity contribution < 1.29 is 0 Å². The zero-order valence-electron chi connectivity index (χ0n) is 9.73. The van der Waals surface area contributed by atoms with E-state index < -0.39 is 0 Å². The lowest BCUT2D eigenvalue weighted by Crippen LogP contribution is -2.04. The summed E-state index contributed by atoms with van der Waals surface area (Å²) < 4.78 is 0. The molecule has 0 saturated heterocycles. The van der Waals surface area contributed by atoms with Crippen LogP contribution in [0.4, 0.5) is 5.69 Å². The molecule has 0 radical (unpaired) electrons. The first kappa shape index (κ1) is 10.6. The third kappa shape index (κ3) is 2.18. The summed E-state index contributed by atoms with van der Waals surface area (Å²) in [4.78, 5) is 1.46. The Morgan fingerprint density at radius 3 is 2.50 bits per heavy atom. The van der Waals surface area contributed by atoms with E-state index in [2.05, 4.69) is 52.8 Å². The van der Waals surface area contributed by atoms with Crippen molar-refractivity contribution in [1.29, 1.82) is 0 Å². The van der Waals surface area contributed by atoms with E-state index in [1.807, 2.05) is 0 Å². The number of hydrogen-bond acceptors (Lipinski definition) is 4. The van der Waals surface area contributed by atoms with Crippen LogP contribution in [0.15, 0.2) is 18.2 Å². The third-order valence-electron chi connectivity index (χ3n) is 2.45. The number of aromatic nitrogens is 4. The van der Waals surface area contributed by atoms with Gasteiger partial charge in [0.1, 0.15) is 0 Å². The second-order valence-corrected chi connectivity index (χ2v) is 3.82. The topological polar surface area (TPSA) is 55.6 Å². The molecule has 5 nitrogen and oxygen atoms in total. The van der Waals surface area contributed by atoms with Crippen LogP contribution < -0.4 is 5.32 Å². The molecule has 5 heteroatoms. The molecule has 84 valence electrons. The van der Waals surface area contributed by atoms with E-state index in [1.54, 1.807) is 7.05 Å². The van der Waals surface area contributed by atoms with Crippen LogP contribution in [-0.2, 0) is 13.6 Å². The summed E-state index contributed by atoms with van der Waals surface area (Å²) in [7, 11) is 1.76. The highest BCUT2D eigenvalue weighted by atomic mass is 15.6. The minimum absolute atomic E-state index is 0.597. The molecule has 2 rings (SSSR count). The van der Waals surface area contributed by atoms with Crippen LogP contribution in [0.3, 0.4) is 0 Å². The van der Waals surface area contributed by atoms with E-state index in [9.17, 15) is 0 Å². The van der Waals surface area contributed by atoms with Crippen LogP contribution in [0, 0.1) is 13.8 Å². The highest BCUT2D eigenvalue weighted by Crippen LogP contribution is 2.19. The van der Waals surface area contributed by atoms with Crippen LogP contribution >= 0.6 is 0 Å². The van der Waals surface area contributed by atoms with Gasteiger partial charge >= 0.3 is 0 Å². The number of hydrogen-bond donors (Lipinski definition) is 1. The number of benzene rings is 1. The first-order valence-corrected chi connectivity index (χ1v) is 5.20. The average molecular weight is 217 g/mol. The first-order valence-electron chi connectivity index (χ1n) is 5.20. The van der Waals surface area contributed by atoms with E-state index in [0.29, 0.717) is 12.4 Å². The van der Waals surface area contributed by atoms with Gasteiger partial charge in [-0.3, -0.25) is 0 Å². The quantitative estimate of drug-likeness (QED) is 0.845. The summed E-state index contributed by atoms with van der Waals surface area (Å²) in [6, 6.07) is 6.22. The molecule has 0 aliphatic rings. The molecule has 1 aromatic carbocycles. The maximum Gasteiger partial charge on any atom is 0.193 e. The van der Waals surface area contributed by atoms with Gasteiger partial charge in [-0.2, -0.15) is 4.80 Å². The molecular formula is C11H15N5. The van der Waals surface area contributed by atoms with Crippen molar-refractivity contribution in [2.45, 2.75) is 20.4 Å². The van der Waals surface area contributed by atoms with Crippen molar-refractivity contribution >= 4 is 5.69 Å². The molecular weight excluding hydrogens is 202 g/mol. The van der Waals surface area contributed by atoms with Crippen molar-refractivity contribution in [1.82, 2.24) is 20.2 Å². The highest BCUT2D eigenvalue weighted by Gasteiger charge is 2.04. The van der Waals surface area contributed by atoms with E-state index in [-0.39, 0.29) is 0 Å². The normalized spacial score (nSPS) is 10.4. The van der Waals surface area contributed by atoms with Gasteiger partial charge in [0.2, 0.25) is 0 Å². The molecule has 0 atom stereocenters. The SMILES string of the molecule is Cc1cccc(C)c1NCc1nnn(C)n1. The predicted molar refractivity (Wildman–Crippen MR) is 62.0 cm³/mol. The molecule has 0 spiro atoms. The smallest absolute Gasteiger partial charge is 0.193 e. The number of anilines is 1. The van der Waals surface area contributed by atoms with Crippen molar-refractivity contribution in [3.8, 4) is 0 Å². The molecule has 0 amide bonds. The number of rotatable bonds is 3. The first-order chi connectivity index (χ1) is 7.66. The molecule has 2 aromatic rings. The van der Waals surface area contributed by atoms with Gasteiger partial charge in [0.15, 0.2) is 5.82 Å². The summed E-state index contributed by atoms with van der Waals surface area (Å²) in [6.45, 7) is 4.76. The second-order valence-electron chi connectivity index (χ2n) is 3.82. The van der Waals surface area contributed by atoms with Crippen LogP contribution in [0.5, 0.6) is 0 Å². The minimum atomic E-state index is 0.597. The van der Waals surface area contributed by atoms with Gasteiger partial charge in [0, 0.05) is 5.69 Å². The molecule has 0 saturated carbocycles. The predicted octanol–water partition coefficient (Wildman–Crippen LogP) is 1.44. The van der Waals surface area contributed by atoms with Gasteiger partial charge < -0.3 is 5.32 Å². The van der Waals surface area contributed by atoms with Gasteiger partial charge in [-0.25, -0.2) is 0 Å². The largest absolute Gasteiger partial charge is 0.377 e. The Balaban J connectivity index is 2.10.